The molecule has 0 amide bonds. The summed E-state index contributed by atoms with van der Waals surface area (Å²) in [7, 11) is 0. The lowest BCUT2D eigenvalue weighted by Gasteiger charge is -1.85. The fourth-order valence-corrected chi connectivity index (χ4v) is 0.606. The van der Waals surface area contributed by atoms with Crippen LogP contribution in [0, 0.1) is 0 Å². The zero-order valence-corrected chi connectivity index (χ0v) is 8.25. The monoisotopic (exact) mass is 194 g/mol. The van der Waals surface area contributed by atoms with E-state index in [9.17, 15) is 0 Å². The van der Waals surface area contributed by atoms with Crippen molar-refractivity contribution in [3.63, 3.8) is 0 Å². The van der Waals surface area contributed by atoms with Crippen molar-refractivity contribution in [2.75, 3.05) is 0 Å². The van der Waals surface area contributed by atoms with E-state index in [4.69, 9.17) is 10.4 Å². The van der Waals surface area contributed by atoms with Crippen molar-refractivity contribution < 1.29 is 10.4 Å². The van der Waals surface area contributed by atoms with Gasteiger partial charge in [-0.1, -0.05) is 40.6 Å². The molecule has 0 heterocycles. The molecule has 0 aliphatic rings. The van der Waals surface area contributed by atoms with Crippen LogP contribution in [0.15, 0.2) is 40.6 Å². The van der Waals surface area contributed by atoms with Crippen molar-refractivity contribution in [3.8, 4) is 0 Å². The quantitative estimate of drug-likeness (QED) is 0.409. The molecule has 0 aliphatic heterocycles. The van der Waals surface area contributed by atoms with Crippen molar-refractivity contribution >= 4 is 11.9 Å². The summed E-state index contributed by atoms with van der Waals surface area (Å²) in [6, 6.07) is 9.40. The Morgan fingerprint density at radius 1 is 1.14 bits per heavy atom. The maximum atomic E-state index is 8.09. The van der Waals surface area contributed by atoms with Crippen LogP contribution >= 0.6 is 0 Å². The van der Waals surface area contributed by atoms with Gasteiger partial charge in [0.05, 0.1) is 11.9 Å². The van der Waals surface area contributed by atoms with Crippen LogP contribution in [0.1, 0.15) is 19.4 Å². The molecule has 0 atom stereocenters. The van der Waals surface area contributed by atoms with E-state index >= 15 is 0 Å². The molecule has 0 saturated carbocycles. The van der Waals surface area contributed by atoms with Gasteiger partial charge in [0.2, 0.25) is 0 Å². The molecule has 14 heavy (non-hydrogen) atoms. The fraction of sp³-hybridized carbons (Fsp3) is 0.200. The molecule has 0 radical (unpaired) electrons. The van der Waals surface area contributed by atoms with E-state index in [0.29, 0.717) is 5.71 Å². The SMILES string of the molecule is CC(C)=NO.O/N=C\c1ccccc1. The van der Waals surface area contributed by atoms with Crippen LogP contribution in [-0.4, -0.2) is 22.3 Å². The molecule has 0 saturated heterocycles. The van der Waals surface area contributed by atoms with Gasteiger partial charge in [0, 0.05) is 0 Å². The zero-order valence-electron chi connectivity index (χ0n) is 8.25. The first-order valence-electron chi connectivity index (χ1n) is 4.08. The third kappa shape index (κ3) is 6.84. The third-order valence-electron chi connectivity index (χ3n) is 1.21. The number of benzene rings is 1. The van der Waals surface area contributed by atoms with E-state index in [1.807, 2.05) is 30.3 Å². The summed E-state index contributed by atoms with van der Waals surface area (Å²) in [4.78, 5) is 0. The molecule has 0 aromatic heterocycles. The molecule has 0 bridgehead atoms. The summed E-state index contributed by atoms with van der Waals surface area (Å²) in [5.41, 5.74) is 1.59. The highest BCUT2D eigenvalue weighted by Crippen LogP contribution is 1.92. The van der Waals surface area contributed by atoms with Crippen molar-refractivity contribution in [1.82, 2.24) is 0 Å². The van der Waals surface area contributed by atoms with Crippen LogP contribution in [0.5, 0.6) is 0 Å². The highest BCUT2D eigenvalue weighted by molar-refractivity contribution is 5.78. The Morgan fingerprint density at radius 2 is 1.64 bits per heavy atom. The normalized spacial score (nSPS) is 9.00. The second-order valence-corrected chi connectivity index (χ2v) is 2.70. The first kappa shape index (κ1) is 12.2. The number of hydrogen-bond acceptors (Lipinski definition) is 4. The van der Waals surface area contributed by atoms with Crippen LogP contribution in [0.4, 0.5) is 0 Å². The average Bonchev–Trinajstić information content (AvgIpc) is 2.21. The maximum Gasteiger partial charge on any atom is 0.0733 e. The molecular weight excluding hydrogens is 180 g/mol. The molecule has 76 valence electrons. The van der Waals surface area contributed by atoms with Gasteiger partial charge in [0.15, 0.2) is 0 Å². The highest BCUT2D eigenvalue weighted by atomic mass is 16.4. The Labute approximate surface area is 83.2 Å². The number of rotatable bonds is 1. The standard InChI is InChI=1S/C7H7NO.C3H7NO/c9-8-6-7-4-2-1-3-5-7;1-3(2)4-5/h1-6,9H;5H,1-2H3/b8-6-;. The topological polar surface area (TPSA) is 65.2 Å². The van der Waals surface area contributed by atoms with Crippen LogP contribution in [0.3, 0.4) is 0 Å². The lowest BCUT2D eigenvalue weighted by molar-refractivity contribution is 0.318. The summed E-state index contributed by atoms with van der Waals surface area (Å²) in [5.74, 6) is 0. The fourth-order valence-electron chi connectivity index (χ4n) is 0.606. The molecule has 0 aliphatic carbocycles. The van der Waals surface area contributed by atoms with E-state index in [0.717, 1.165) is 5.56 Å². The number of oxime groups is 2. The third-order valence-corrected chi connectivity index (χ3v) is 1.21. The Kier molecular flexibility index (Phi) is 6.77. The average molecular weight is 194 g/mol. The van der Waals surface area contributed by atoms with Gasteiger partial charge >= 0.3 is 0 Å². The summed E-state index contributed by atoms with van der Waals surface area (Å²) in [6.07, 6.45) is 1.39. The highest BCUT2D eigenvalue weighted by Gasteiger charge is 1.79. The second-order valence-electron chi connectivity index (χ2n) is 2.70. The lowest BCUT2D eigenvalue weighted by atomic mass is 10.2. The molecule has 0 unspecified atom stereocenters. The first-order chi connectivity index (χ1) is 6.70. The Hall–Kier alpha value is -1.84. The van der Waals surface area contributed by atoms with Crippen molar-refractivity contribution in [2.45, 2.75) is 13.8 Å². The molecule has 1 aromatic carbocycles. The summed E-state index contributed by atoms with van der Waals surface area (Å²) < 4.78 is 0. The van der Waals surface area contributed by atoms with Gasteiger partial charge in [-0.25, -0.2) is 0 Å². The van der Waals surface area contributed by atoms with Gasteiger partial charge in [-0.15, -0.1) is 0 Å². The number of hydrogen-bond donors (Lipinski definition) is 2. The van der Waals surface area contributed by atoms with E-state index < -0.39 is 0 Å². The smallest absolute Gasteiger partial charge is 0.0733 e. The summed E-state index contributed by atoms with van der Waals surface area (Å²) >= 11 is 0. The molecule has 0 spiro atoms. The maximum absolute atomic E-state index is 8.09. The van der Waals surface area contributed by atoms with Gasteiger partial charge in [0.25, 0.3) is 0 Å². The molecular formula is C10H14N2O2. The summed E-state index contributed by atoms with van der Waals surface area (Å²) in [6.45, 7) is 3.44. The summed E-state index contributed by atoms with van der Waals surface area (Å²) in [5, 5.41) is 21.5. The van der Waals surface area contributed by atoms with Crippen molar-refractivity contribution in [2.24, 2.45) is 10.3 Å². The Balaban J connectivity index is 0.000000292. The van der Waals surface area contributed by atoms with Crippen molar-refractivity contribution in [1.29, 1.82) is 0 Å². The first-order valence-corrected chi connectivity index (χ1v) is 4.08. The minimum atomic E-state index is 0.685. The molecule has 4 heteroatoms. The van der Waals surface area contributed by atoms with Gasteiger partial charge in [0.1, 0.15) is 0 Å². The van der Waals surface area contributed by atoms with Crippen LogP contribution in [0.25, 0.3) is 0 Å². The lowest BCUT2D eigenvalue weighted by Crippen LogP contribution is -1.76. The molecule has 1 rings (SSSR count). The molecule has 2 N–H and O–H groups in total. The van der Waals surface area contributed by atoms with Crippen LogP contribution < -0.4 is 0 Å². The van der Waals surface area contributed by atoms with Crippen LogP contribution in [0.2, 0.25) is 0 Å². The van der Waals surface area contributed by atoms with Gasteiger partial charge in [-0.3, -0.25) is 0 Å². The minimum Gasteiger partial charge on any atom is -0.411 e. The largest absolute Gasteiger partial charge is 0.411 e. The van der Waals surface area contributed by atoms with Gasteiger partial charge in [-0.05, 0) is 19.4 Å². The van der Waals surface area contributed by atoms with E-state index in [1.54, 1.807) is 13.8 Å². The van der Waals surface area contributed by atoms with Crippen LogP contribution in [-0.2, 0) is 0 Å². The van der Waals surface area contributed by atoms with E-state index in [-0.39, 0.29) is 0 Å². The van der Waals surface area contributed by atoms with Gasteiger partial charge in [-0.2, -0.15) is 0 Å². The molecule has 0 fully saturated rings. The molecule has 4 nitrogen and oxygen atoms in total. The van der Waals surface area contributed by atoms with Gasteiger partial charge < -0.3 is 10.4 Å². The Bertz CT molecular complexity index is 290. The van der Waals surface area contributed by atoms with Crippen molar-refractivity contribution in [3.05, 3.63) is 35.9 Å². The predicted molar refractivity (Wildman–Crippen MR) is 56.4 cm³/mol. The van der Waals surface area contributed by atoms with E-state index in [2.05, 4.69) is 10.3 Å². The predicted octanol–water partition coefficient (Wildman–Crippen LogP) is 2.35. The zero-order chi connectivity index (χ0) is 10.8. The number of nitrogens with zero attached hydrogens (tertiary/aromatic N) is 2. The molecule has 1 aromatic rings. The Morgan fingerprint density at radius 3 is 2.00 bits per heavy atom. The van der Waals surface area contributed by atoms with E-state index in [1.165, 1.54) is 6.21 Å². The second kappa shape index (κ2) is 7.79. The minimum absolute atomic E-state index is 0.685.